The molecule has 0 saturated heterocycles. The van der Waals surface area contributed by atoms with Gasteiger partial charge in [-0.05, 0) is 121 Å². The van der Waals surface area contributed by atoms with Crippen molar-refractivity contribution >= 4 is 101 Å². The first-order valence-corrected chi connectivity index (χ1v) is 23.2. The van der Waals surface area contributed by atoms with Crippen molar-refractivity contribution in [3.8, 4) is 0 Å². The van der Waals surface area contributed by atoms with Gasteiger partial charge in [0.05, 0.1) is 22.7 Å². The maximum Gasteiger partial charge on any atom is 0.0547 e. The molecule has 4 heteroatoms. The first kappa shape index (κ1) is 40.4. The van der Waals surface area contributed by atoms with E-state index < -0.39 is 0 Å². The molecule has 68 heavy (non-hydrogen) atoms. The fourth-order valence-corrected chi connectivity index (χ4v) is 9.99. The minimum absolute atomic E-state index is 1.08. The summed E-state index contributed by atoms with van der Waals surface area (Å²) in [6, 6.07) is 100. The summed E-state index contributed by atoms with van der Waals surface area (Å²) in [5.41, 5.74) is 13.0. The minimum atomic E-state index is 1.08. The molecule has 0 spiro atoms. The summed E-state index contributed by atoms with van der Waals surface area (Å²) in [4.78, 5) is 9.68. The number of hydrogen-bond donors (Lipinski definition) is 0. The van der Waals surface area contributed by atoms with Crippen molar-refractivity contribution in [2.24, 2.45) is 0 Å². The Hall–Kier alpha value is -9.12. The zero-order chi connectivity index (χ0) is 45.2. The third-order valence-corrected chi connectivity index (χ3v) is 12.9. The lowest BCUT2D eigenvalue weighted by atomic mass is 9.88. The fourth-order valence-electron chi connectivity index (χ4n) is 9.99. The van der Waals surface area contributed by atoms with Crippen LogP contribution in [0.25, 0.3) is 32.3 Å². The van der Waals surface area contributed by atoms with Crippen molar-refractivity contribution in [1.29, 1.82) is 0 Å². The van der Waals surface area contributed by atoms with E-state index in [1.54, 1.807) is 0 Å². The van der Waals surface area contributed by atoms with Crippen LogP contribution in [0.5, 0.6) is 0 Å². The van der Waals surface area contributed by atoms with Crippen LogP contribution in [0.1, 0.15) is 0 Å². The number of anilines is 12. The van der Waals surface area contributed by atoms with Crippen LogP contribution in [-0.2, 0) is 0 Å². The highest BCUT2D eigenvalue weighted by molar-refractivity contribution is 6.34. The second-order valence-corrected chi connectivity index (χ2v) is 16.9. The molecular formula is C64H46N4. The summed E-state index contributed by atoms with van der Waals surface area (Å²) < 4.78 is 0. The van der Waals surface area contributed by atoms with E-state index in [1.165, 1.54) is 10.8 Å². The highest BCUT2D eigenvalue weighted by atomic mass is 15.2. The first-order valence-electron chi connectivity index (χ1n) is 23.2. The van der Waals surface area contributed by atoms with E-state index in [0.717, 1.165) is 89.8 Å². The molecule has 4 nitrogen and oxygen atoms in total. The molecule has 0 saturated carbocycles. The molecule has 0 aliphatic rings. The lowest BCUT2D eigenvalue weighted by Crippen LogP contribution is -2.15. The van der Waals surface area contributed by atoms with Crippen LogP contribution in [0.15, 0.2) is 279 Å². The Morgan fingerprint density at radius 2 is 0.353 bits per heavy atom. The molecule has 0 aromatic heterocycles. The third-order valence-electron chi connectivity index (χ3n) is 12.9. The number of para-hydroxylation sites is 8. The summed E-state index contributed by atoms with van der Waals surface area (Å²) in [7, 11) is 0. The smallest absolute Gasteiger partial charge is 0.0547 e. The number of rotatable bonds is 12. The molecule has 12 aromatic rings. The zero-order valence-electron chi connectivity index (χ0n) is 37.3. The second kappa shape index (κ2) is 17.7. The van der Waals surface area contributed by atoms with Crippen molar-refractivity contribution in [1.82, 2.24) is 0 Å². The average molecular weight is 871 g/mol. The number of hydrogen-bond acceptors (Lipinski definition) is 4. The van der Waals surface area contributed by atoms with Crippen LogP contribution < -0.4 is 19.6 Å². The molecule has 0 radical (unpaired) electrons. The monoisotopic (exact) mass is 870 g/mol. The van der Waals surface area contributed by atoms with Gasteiger partial charge in [0.25, 0.3) is 0 Å². The van der Waals surface area contributed by atoms with Gasteiger partial charge in [-0.1, -0.05) is 158 Å². The van der Waals surface area contributed by atoms with Gasteiger partial charge in [-0.2, -0.15) is 0 Å². The van der Waals surface area contributed by atoms with E-state index in [1.807, 2.05) is 0 Å². The number of nitrogens with zero attached hydrogens (tertiary/aromatic N) is 4. The number of benzene rings is 12. The van der Waals surface area contributed by atoms with Crippen LogP contribution in [-0.4, -0.2) is 0 Å². The molecule has 0 aliphatic heterocycles. The molecule has 0 atom stereocenters. The molecule has 0 bridgehead atoms. The van der Waals surface area contributed by atoms with Crippen molar-refractivity contribution in [2.45, 2.75) is 0 Å². The molecule has 0 N–H and O–H groups in total. The molecule has 322 valence electrons. The van der Waals surface area contributed by atoms with Gasteiger partial charge >= 0.3 is 0 Å². The predicted molar refractivity (Wildman–Crippen MR) is 289 cm³/mol. The largest absolute Gasteiger partial charge is 0.310 e. The Morgan fingerprint density at radius 1 is 0.162 bits per heavy atom. The Balaban J connectivity index is 1.29. The molecule has 0 unspecified atom stereocenters. The molecular weight excluding hydrogens is 825 g/mol. The average Bonchev–Trinajstić information content (AvgIpc) is 3.42. The van der Waals surface area contributed by atoms with E-state index >= 15 is 0 Å². The molecule has 12 rings (SSSR count). The van der Waals surface area contributed by atoms with Crippen LogP contribution in [0.3, 0.4) is 0 Å². The first-order chi connectivity index (χ1) is 33.8. The normalized spacial score (nSPS) is 11.2. The maximum atomic E-state index is 2.45. The summed E-state index contributed by atoms with van der Waals surface area (Å²) in [6.07, 6.45) is 0. The molecule has 12 aromatic carbocycles. The summed E-state index contributed by atoms with van der Waals surface area (Å²) in [5.74, 6) is 0. The van der Waals surface area contributed by atoms with Gasteiger partial charge in [0, 0.05) is 77.8 Å². The zero-order valence-corrected chi connectivity index (χ0v) is 37.3. The van der Waals surface area contributed by atoms with E-state index in [9.17, 15) is 0 Å². The van der Waals surface area contributed by atoms with Gasteiger partial charge in [0.1, 0.15) is 0 Å². The third kappa shape index (κ3) is 7.22. The highest BCUT2D eigenvalue weighted by Crippen LogP contribution is 2.55. The van der Waals surface area contributed by atoms with Crippen LogP contribution >= 0.6 is 0 Å². The second-order valence-electron chi connectivity index (χ2n) is 16.9. The van der Waals surface area contributed by atoms with Gasteiger partial charge < -0.3 is 19.6 Å². The standard InChI is InChI=1S/C64H46N4/c1-9-25-47(26-10-1)65(48-27-11-2-12-28-48)59-43-41-55-62(68(53-37-21-7-22-38-53)54-39-23-8-24-40-54)46-58-60(66(49-29-13-3-14-30-49)50-31-15-4-16-32-50)44-42-56-61(45-57(59)63(55)64(56)58)67(51-33-17-5-18-34-51)52-35-19-6-20-36-52/h1-46H. The van der Waals surface area contributed by atoms with Gasteiger partial charge in [0.2, 0.25) is 0 Å². The lowest BCUT2D eigenvalue weighted by molar-refractivity contribution is 1.28. The van der Waals surface area contributed by atoms with E-state index in [-0.39, 0.29) is 0 Å². The van der Waals surface area contributed by atoms with E-state index in [4.69, 9.17) is 0 Å². The van der Waals surface area contributed by atoms with Gasteiger partial charge in [0.15, 0.2) is 0 Å². The van der Waals surface area contributed by atoms with Crippen LogP contribution in [0, 0.1) is 0 Å². The van der Waals surface area contributed by atoms with Gasteiger partial charge in [-0.25, -0.2) is 0 Å². The Kier molecular flexibility index (Phi) is 10.5. The van der Waals surface area contributed by atoms with Gasteiger partial charge in [-0.15, -0.1) is 0 Å². The molecule has 0 amide bonds. The Morgan fingerprint density at radius 3 is 0.559 bits per heavy atom. The Bertz CT molecular complexity index is 3190. The SMILES string of the molecule is c1ccc(N(c2ccccc2)c2cc3c(N(c4ccccc4)c4ccccc4)ccc4c(N(c5ccccc5)c5ccccc5)cc5c(N(c6ccccc6)c6ccccc6)ccc2c5c43)cc1. The van der Waals surface area contributed by atoms with Gasteiger partial charge in [-0.3, -0.25) is 0 Å². The van der Waals surface area contributed by atoms with Crippen molar-refractivity contribution in [2.75, 3.05) is 19.6 Å². The quantitative estimate of drug-likeness (QED) is 0.113. The molecule has 0 fully saturated rings. The van der Waals surface area contributed by atoms with E-state index in [0.29, 0.717) is 0 Å². The molecule has 0 aliphatic carbocycles. The molecule has 0 heterocycles. The summed E-state index contributed by atoms with van der Waals surface area (Å²) in [5, 5.41) is 6.93. The fraction of sp³-hybridized carbons (Fsp3) is 0. The van der Waals surface area contributed by atoms with E-state index in [2.05, 4.69) is 299 Å². The van der Waals surface area contributed by atoms with Crippen LogP contribution in [0.2, 0.25) is 0 Å². The highest BCUT2D eigenvalue weighted by Gasteiger charge is 2.28. The summed E-state index contributed by atoms with van der Waals surface area (Å²) in [6.45, 7) is 0. The maximum absolute atomic E-state index is 2.45. The minimum Gasteiger partial charge on any atom is -0.310 e. The topological polar surface area (TPSA) is 13.0 Å². The van der Waals surface area contributed by atoms with Crippen molar-refractivity contribution < 1.29 is 0 Å². The van der Waals surface area contributed by atoms with Crippen molar-refractivity contribution in [3.63, 3.8) is 0 Å². The lowest BCUT2D eigenvalue weighted by Gasteiger charge is -2.34. The van der Waals surface area contributed by atoms with Crippen LogP contribution in [0.4, 0.5) is 68.2 Å². The summed E-state index contributed by atoms with van der Waals surface area (Å²) >= 11 is 0. The van der Waals surface area contributed by atoms with Crippen molar-refractivity contribution in [3.05, 3.63) is 279 Å². The Labute approximate surface area is 397 Å². The predicted octanol–water partition coefficient (Wildman–Crippen LogP) is 18.5.